The molecule has 0 aliphatic heterocycles. The molecule has 0 fully saturated rings. The molecule has 17 heavy (non-hydrogen) atoms. The number of hydrogen-bond donors (Lipinski definition) is 2. The van der Waals surface area contributed by atoms with Gasteiger partial charge in [0.05, 0.1) is 5.92 Å². The van der Waals surface area contributed by atoms with Crippen LogP contribution in [0.2, 0.25) is 0 Å². The Labute approximate surface area is 101 Å². The minimum absolute atomic E-state index is 0.0372. The molecule has 0 aromatic carbocycles. The molecule has 0 radical (unpaired) electrons. The van der Waals surface area contributed by atoms with E-state index in [0.29, 0.717) is 12.8 Å². The molecular weight excluding hydrogens is 270 g/mol. The fourth-order valence-electron chi connectivity index (χ4n) is 1.08. The Bertz CT molecular complexity index is 452. The highest BCUT2D eigenvalue weighted by Gasteiger charge is 2.17. The minimum Gasteiger partial charge on any atom is -0.481 e. The zero-order chi connectivity index (χ0) is 13.7. The summed E-state index contributed by atoms with van der Waals surface area (Å²) in [7, 11) is -7.44. The van der Waals surface area contributed by atoms with Crippen LogP contribution in [0.4, 0.5) is 0 Å². The van der Waals surface area contributed by atoms with Gasteiger partial charge in [-0.3, -0.25) is 4.79 Å². The Morgan fingerprint density at radius 3 is 2.24 bits per heavy atom. The molecule has 0 saturated carbocycles. The molecule has 7 nitrogen and oxygen atoms in total. The lowest BCUT2D eigenvalue weighted by atomic mass is 10.1. The van der Waals surface area contributed by atoms with Crippen LogP contribution in [0, 0.1) is 5.92 Å². The van der Waals surface area contributed by atoms with E-state index in [9.17, 15) is 21.6 Å². The summed E-state index contributed by atoms with van der Waals surface area (Å²) in [5, 5.41) is 7.63. The molecule has 0 aromatic rings. The Kier molecular flexibility index (Phi) is 6.06. The maximum atomic E-state index is 11.2. The van der Waals surface area contributed by atoms with Crippen LogP contribution in [0.15, 0.2) is 0 Å². The molecule has 0 bridgehead atoms. The predicted octanol–water partition coefficient (Wildman–Crippen LogP) is -0.591. The van der Waals surface area contributed by atoms with E-state index in [1.165, 1.54) is 6.92 Å². The van der Waals surface area contributed by atoms with Gasteiger partial charge in [-0.2, -0.15) is 0 Å². The van der Waals surface area contributed by atoms with E-state index >= 15 is 0 Å². The second-order valence-electron chi connectivity index (χ2n) is 3.93. The van der Waals surface area contributed by atoms with Crippen LogP contribution in [0.25, 0.3) is 0 Å². The van der Waals surface area contributed by atoms with Crippen LogP contribution < -0.4 is 4.72 Å². The zero-order valence-electron chi connectivity index (χ0n) is 9.71. The van der Waals surface area contributed by atoms with Gasteiger partial charge in [-0.25, -0.2) is 21.6 Å². The van der Waals surface area contributed by atoms with Gasteiger partial charge in [0, 0.05) is 12.8 Å². The first-order valence-electron chi connectivity index (χ1n) is 4.91. The second kappa shape index (κ2) is 6.31. The van der Waals surface area contributed by atoms with Gasteiger partial charge in [0.2, 0.25) is 10.0 Å². The van der Waals surface area contributed by atoms with Crippen molar-refractivity contribution in [3.05, 3.63) is 0 Å². The molecule has 0 spiro atoms. The number of sulfone groups is 1. The smallest absolute Gasteiger partial charge is 0.306 e. The van der Waals surface area contributed by atoms with Crippen LogP contribution >= 0.6 is 0 Å². The standard InChI is InChI=1S/C8H17NO6S2/c1-7(8(10)11)4-3-5-9-17(14,15)6-16(2,12)13/h7,9H,3-6H2,1-2H3,(H,10,11). The first-order valence-corrected chi connectivity index (χ1v) is 8.62. The van der Waals surface area contributed by atoms with Crippen LogP contribution in [0.5, 0.6) is 0 Å². The van der Waals surface area contributed by atoms with E-state index in [2.05, 4.69) is 4.72 Å². The molecule has 1 atom stereocenters. The summed E-state index contributed by atoms with van der Waals surface area (Å²) in [5.41, 5.74) is 0. The van der Waals surface area contributed by atoms with Gasteiger partial charge in [0.15, 0.2) is 14.9 Å². The highest BCUT2D eigenvalue weighted by atomic mass is 32.3. The predicted molar refractivity (Wildman–Crippen MR) is 62.7 cm³/mol. The third-order valence-corrected chi connectivity index (χ3v) is 5.52. The van der Waals surface area contributed by atoms with Crippen molar-refractivity contribution in [3.63, 3.8) is 0 Å². The number of aliphatic carboxylic acids is 1. The average Bonchev–Trinajstić information content (AvgIpc) is 2.07. The van der Waals surface area contributed by atoms with Crippen molar-refractivity contribution in [2.24, 2.45) is 5.92 Å². The molecular formula is C8H17NO6S2. The topological polar surface area (TPSA) is 118 Å². The van der Waals surface area contributed by atoms with E-state index in [1.54, 1.807) is 0 Å². The third kappa shape index (κ3) is 9.07. The summed E-state index contributed by atoms with van der Waals surface area (Å²) in [5.74, 6) is -1.49. The maximum absolute atomic E-state index is 11.2. The fraction of sp³-hybridized carbons (Fsp3) is 0.875. The third-order valence-electron chi connectivity index (χ3n) is 1.93. The molecule has 0 aromatic heterocycles. The molecule has 0 rings (SSSR count). The lowest BCUT2D eigenvalue weighted by Crippen LogP contribution is -2.30. The van der Waals surface area contributed by atoms with Gasteiger partial charge >= 0.3 is 5.97 Å². The lowest BCUT2D eigenvalue weighted by molar-refractivity contribution is -0.141. The first-order chi connectivity index (χ1) is 7.53. The summed E-state index contributed by atoms with van der Waals surface area (Å²) in [6.07, 6.45) is 1.51. The highest BCUT2D eigenvalue weighted by molar-refractivity contribution is 8.06. The van der Waals surface area contributed by atoms with Crippen LogP contribution in [-0.4, -0.2) is 45.8 Å². The Morgan fingerprint density at radius 2 is 1.82 bits per heavy atom. The van der Waals surface area contributed by atoms with Crippen LogP contribution in [0.1, 0.15) is 19.8 Å². The molecule has 0 aliphatic carbocycles. The van der Waals surface area contributed by atoms with Gasteiger partial charge in [0.25, 0.3) is 0 Å². The molecule has 0 aliphatic rings. The Morgan fingerprint density at radius 1 is 1.29 bits per heavy atom. The van der Waals surface area contributed by atoms with Gasteiger partial charge < -0.3 is 5.11 Å². The van der Waals surface area contributed by atoms with E-state index in [4.69, 9.17) is 5.11 Å². The van der Waals surface area contributed by atoms with E-state index in [0.717, 1.165) is 6.26 Å². The van der Waals surface area contributed by atoms with E-state index in [1.807, 2.05) is 0 Å². The second-order valence-corrected chi connectivity index (χ2v) is 8.25. The first kappa shape index (κ1) is 16.3. The van der Waals surface area contributed by atoms with E-state index in [-0.39, 0.29) is 6.54 Å². The molecule has 1 unspecified atom stereocenters. The summed E-state index contributed by atoms with van der Waals surface area (Å²) < 4.78 is 46.1. The number of carbonyl (C=O) groups is 1. The minimum atomic E-state index is -3.84. The van der Waals surface area contributed by atoms with Gasteiger partial charge in [0.1, 0.15) is 0 Å². The van der Waals surface area contributed by atoms with Gasteiger partial charge in [-0.05, 0) is 12.8 Å². The molecule has 0 amide bonds. The van der Waals surface area contributed by atoms with E-state index < -0.39 is 36.8 Å². The number of carboxylic acid groups (broad SMARTS) is 1. The quantitative estimate of drug-likeness (QED) is 0.576. The van der Waals surface area contributed by atoms with Gasteiger partial charge in [-0.15, -0.1) is 0 Å². The monoisotopic (exact) mass is 287 g/mol. The number of nitrogens with one attached hydrogen (secondary N) is 1. The van der Waals surface area contributed by atoms with Crippen LogP contribution in [0.3, 0.4) is 0 Å². The number of hydrogen-bond acceptors (Lipinski definition) is 5. The number of rotatable bonds is 8. The fourth-order valence-corrected chi connectivity index (χ4v) is 4.13. The van der Waals surface area contributed by atoms with Crippen molar-refractivity contribution >= 4 is 25.8 Å². The normalized spacial score (nSPS) is 14.5. The molecule has 0 heterocycles. The number of sulfonamides is 1. The molecule has 9 heteroatoms. The van der Waals surface area contributed by atoms with Crippen LogP contribution in [-0.2, 0) is 24.7 Å². The van der Waals surface area contributed by atoms with Crippen molar-refractivity contribution in [1.29, 1.82) is 0 Å². The summed E-state index contributed by atoms with van der Waals surface area (Å²) in [6.45, 7) is 1.56. The van der Waals surface area contributed by atoms with Crippen molar-refractivity contribution in [3.8, 4) is 0 Å². The van der Waals surface area contributed by atoms with Crippen molar-refractivity contribution < 1.29 is 26.7 Å². The largest absolute Gasteiger partial charge is 0.481 e. The molecule has 0 saturated heterocycles. The van der Waals surface area contributed by atoms with Gasteiger partial charge in [-0.1, -0.05) is 6.92 Å². The van der Waals surface area contributed by atoms with Crippen molar-refractivity contribution in [1.82, 2.24) is 4.72 Å². The lowest BCUT2D eigenvalue weighted by Gasteiger charge is -2.07. The Balaban J connectivity index is 4.02. The summed E-state index contributed by atoms with van der Waals surface area (Å²) in [6, 6.07) is 0. The highest BCUT2D eigenvalue weighted by Crippen LogP contribution is 2.04. The maximum Gasteiger partial charge on any atom is 0.306 e. The SMILES string of the molecule is CC(CCCNS(=O)(=O)CS(C)(=O)=O)C(=O)O. The molecule has 102 valence electrons. The average molecular weight is 287 g/mol. The Hall–Kier alpha value is -0.670. The van der Waals surface area contributed by atoms with Crippen molar-refractivity contribution in [2.45, 2.75) is 19.8 Å². The molecule has 2 N–H and O–H groups in total. The summed E-state index contributed by atoms with van der Waals surface area (Å²) in [4.78, 5) is 10.5. The zero-order valence-corrected chi connectivity index (χ0v) is 11.3. The van der Waals surface area contributed by atoms with Crippen molar-refractivity contribution in [2.75, 3.05) is 17.9 Å². The number of carboxylic acids is 1. The summed E-state index contributed by atoms with van der Waals surface area (Å²) >= 11 is 0.